The summed E-state index contributed by atoms with van der Waals surface area (Å²) in [5, 5.41) is 4.88. The molecule has 0 aliphatic carbocycles. The topological polar surface area (TPSA) is 130 Å². The number of thiazole rings is 1. The highest BCUT2D eigenvalue weighted by atomic mass is 32.1. The Bertz CT molecular complexity index is 1620. The van der Waals surface area contributed by atoms with E-state index in [1.807, 2.05) is 43.3 Å². The van der Waals surface area contributed by atoms with Crippen LogP contribution in [0.5, 0.6) is 0 Å². The van der Waals surface area contributed by atoms with E-state index in [1.54, 1.807) is 34.1 Å². The van der Waals surface area contributed by atoms with Gasteiger partial charge in [-0.25, -0.2) is 9.78 Å². The number of methoxy groups -OCH3 is 1. The maximum absolute atomic E-state index is 13.0. The number of aryl methyl sites for hydroxylation is 1. The van der Waals surface area contributed by atoms with Crippen LogP contribution in [0.25, 0.3) is 11.0 Å². The molecule has 0 radical (unpaired) electrons. The van der Waals surface area contributed by atoms with Gasteiger partial charge in [0.05, 0.1) is 29.8 Å². The van der Waals surface area contributed by atoms with Crippen LogP contribution in [-0.2, 0) is 20.7 Å². The molecule has 0 saturated carbocycles. The summed E-state index contributed by atoms with van der Waals surface area (Å²) in [4.78, 5) is 62.0. The predicted molar refractivity (Wildman–Crippen MR) is 161 cm³/mol. The van der Waals surface area contributed by atoms with E-state index in [0.717, 1.165) is 16.6 Å². The second-order valence-electron chi connectivity index (χ2n) is 10.4. The SMILES string of the molecule is COCCN(CC(=O)Nc1nc(CC(=O)N2CCC(n3c(=O)[nH]c4ccccc43)CC2)cs1)C(=O)c1ccc(C)cc1. The second kappa shape index (κ2) is 13.1. The highest BCUT2D eigenvalue weighted by molar-refractivity contribution is 7.13. The first kappa shape index (κ1) is 29.2. The van der Waals surface area contributed by atoms with Gasteiger partial charge in [0.15, 0.2) is 5.13 Å². The lowest BCUT2D eigenvalue weighted by atomic mass is 10.0. The van der Waals surface area contributed by atoms with Crippen molar-refractivity contribution in [2.75, 3.05) is 45.2 Å². The summed E-state index contributed by atoms with van der Waals surface area (Å²) in [7, 11) is 1.54. The Morgan fingerprint density at radius 1 is 1.12 bits per heavy atom. The molecular formula is C30H34N6O5S. The van der Waals surface area contributed by atoms with E-state index in [2.05, 4.69) is 15.3 Å². The Labute approximate surface area is 247 Å². The van der Waals surface area contributed by atoms with Crippen molar-refractivity contribution in [3.63, 3.8) is 0 Å². The number of ether oxygens (including phenoxy) is 1. The number of hydrogen-bond acceptors (Lipinski definition) is 7. The third-order valence-electron chi connectivity index (χ3n) is 7.42. The number of nitrogens with zero attached hydrogens (tertiary/aromatic N) is 4. The molecule has 11 nitrogen and oxygen atoms in total. The number of aromatic amines is 1. The fourth-order valence-corrected chi connectivity index (χ4v) is 5.91. The number of para-hydroxylation sites is 2. The molecule has 1 aliphatic heterocycles. The number of hydrogen-bond donors (Lipinski definition) is 2. The minimum atomic E-state index is -0.381. The highest BCUT2D eigenvalue weighted by Crippen LogP contribution is 2.25. The van der Waals surface area contributed by atoms with E-state index >= 15 is 0 Å². The van der Waals surface area contributed by atoms with Gasteiger partial charge in [-0.3, -0.25) is 19.0 Å². The van der Waals surface area contributed by atoms with Crippen LogP contribution in [0.4, 0.5) is 5.13 Å². The smallest absolute Gasteiger partial charge is 0.326 e. The standard InChI is InChI=1S/C30H34N6O5S/c1-20-7-9-21(10-8-20)28(39)35(15-16-41-2)18-26(37)33-29-31-22(19-42-29)17-27(38)34-13-11-23(12-14-34)36-25-6-4-3-5-24(25)32-30(36)40/h3-10,19,23H,11-18H2,1-2H3,(H,32,40)(H,31,33,37). The molecule has 12 heteroatoms. The van der Waals surface area contributed by atoms with Crippen molar-refractivity contribution in [1.29, 1.82) is 0 Å². The number of benzene rings is 2. The average molecular weight is 591 g/mol. The maximum atomic E-state index is 13.0. The normalized spacial score (nSPS) is 13.8. The molecule has 220 valence electrons. The zero-order chi connectivity index (χ0) is 29.6. The first-order valence-corrected chi connectivity index (χ1v) is 14.8. The van der Waals surface area contributed by atoms with Crippen LogP contribution in [0.1, 0.15) is 40.5 Å². The zero-order valence-electron chi connectivity index (χ0n) is 23.7. The molecule has 0 unspecified atom stereocenters. The van der Waals surface area contributed by atoms with Gasteiger partial charge in [-0.05, 0) is 44.0 Å². The minimum Gasteiger partial charge on any atom is -0.383 e. The quantitative estimate of drug-likeness (QED) is 0.292. The molecule has 3 heterocycles. The lowest BCUT2D eigenvalue weighted by Crippen LogP contribution is -2.41. The molecule has 0 atom stereocenters. The van der Waals surface area contributed by atoms with Gasteiger partial charge in [0, 0.05) is 43.7 Å². The summed E-state index contributed by atoms with van der Waals surface area (Å²) in [6, 6.07) is 14.8. The zero-order valence-corrected chi connectivity index (χ0v) is 24.5. The number of H-pyrrole nitrogens is 1. The van der Waals surface area contributed by atoms with Gasteiger partial charge in [-0.2, -0.15) is 0 Å². The first-order valence-electron chi connectivity index (χ1n) is 13.9. The molecule has 1 fully saturated rings. The third kappa shape index (κ3) is 6.77. The third-order valence-corrected chi connectivity index (χ3v) is 8.23. The van der Waals surface area contributed by atoms with Crippen LogP contribution < -0.4 is 11.0 Å². The summed E-state index contributed by atoms with van der Waals surface area (Å²) in [6.45, 7) is 3.45. The van der Waals surface area contributed by atoms with Crippen LogP contribution in [0, 0.1) is 6.92 Å². The molecule has 2 aromatic heterocycles. The van der Waals surface area contributed by atoms with Crippen LogP contribution in [0.15, 0.2) is 58.7 Å². The van der Waals surface area contributed by atoms with E-state index in [0.29, 0.717) is 48.9 Å². The van der Waals surface area contributed by atoms with Crippen molar-refractivity contribution >= 4 is 45.2 Å². The van der Waals surface area contributed by atoms with E-state index in [9.17, 15) is 19.2 Å². The molecule has 2 aromatic carbocycles. The van der Waals surface area contributed by atoms with Crippen molar-refractivity contribution in [3.8, 4) is 0 Å². The number of carbonyl (C=O) groups is 3. The van der Waals surface area contributed by atoms with Crippen LogP contribution in [0.2, 0.25) is 0 Å². The Kier molecular flexibility index (Phi) is 9.13. The first-order chi connectivity index (χ1) is 20.3. The molecule has 42 heavy (non-hydrogen) atoms. The van der Waals surface area contributed by atoms with Crippen LogP contribution in [0.3, 0.4) is 0 Å². The van der Waals surface area contributed by atoms with Crippen LogP contribution >= 0.6 is 11.3 Å². The lowest BCUT2D eigenvalue weighted by molar-refractivity contribution is -0.131. The number of likely N-dealkylation sites (tertiary alicyclic amines) is 1. The van der Waals surface area contributed by atoms with E-state index < -0.39 is 0 Å². The number of fused-ring (bicyclic) bond motifs is 1. The van der Waals surface area contributed by atoms with E-state index in [1.165, 1.54) is 16.2 Å². The minimum absolute atomic E-state index is 0.0279. The largest absolute Gasteiger partial charge is 0.383 e. The fourth-order valence-electron chi connectivity index (χ4n) is 5.19. The summed E-state index contributed by atoms with van der Waals surface area (Å²) in [5.74, 6) is -0.684. The summed E-state index contributed by atoms with van der Waals surface area (Å²) in [5.41, 5.74) is 3.68. The summed E-state index contributed by atoms with van der Waals surface area (Å²) < 4.78 is 6.93. The number of rotatable bonds is 10. The van der Waals surface area contributed by atoms with Gasteiger partial charge in [-0.1, -0.05) is 29.8 Å². The van der Waals surface area contributed by atoms with Gasteiger partial charge in [-0.15, -0.1) is 11.3 Å². The Balaban J connectivity index is 1.13. The number of aromatic nitrogens is 3. The van der Waals surface area contributed by atoms with Crippen LogP contribution in [-0.4, -0.2) is 82.0 Å². The van der Waals surface area contributed by atoms with Crippen molar-refractivity contribution < 1.29 is 19.1 Å². The molecule has 1 aliphatic rings. The molecular weight excluding hydrogens is 556 g/mol. The Morgan fingerprint density at radius 2 is 1.86 bits per heavy atom. The van der Waals surface area contributed by atoms with Crippen molar-refractivity contribution in [2.45, 2.75) is 32.2 Å². The van der Waals surface area contributed by atoms with Gasteiger partial charge in [0.2, 0.25) is 11.8 Å². The molecule has 3 amide bonds. The number of carbonyl (C=O) groups excluding carboxylic acids is 3. The highest BCUT2D eigenvalue weighted by Gasteiger charge is 2.27. The molecule has 2 N–H and O–H groups in total. The number of piperidine rings is 1. The number of imidazole rings is 1. The molecule has 1 saturated heterocycles. The van der Waals surface area contributed by atoms with Crippen molar-refractivity contribution in [2.24, 2.45) is 0 Å². The second-order valence-corrected chi connectivity index (χ2v) is 11.2. The van der Waals surface area contributed by atoms with Gasteiger partial charge >= 0.3 is 5.69 Å². The maximum Gasteiger partial charge on any atom is 0.326 e. The number of anilines is 1. The van der Waals surface area contributed by atoms with Gasteiger partial charge < -0.3 is 24.8 Å². The van der Waals surface area contributed by atoms with Gasteiger partial charge in [0.1, 0.15) is 6.54 Å². The predicted octanol–water partition coefficient (Wildman–Crippen LogP) is 3.23. The molecule has 0 bridgehead atoms. The van der Waals surface area contributed by atoms with Gasteiger partial charge in [0.25, 0.3) is 5.91 Å². The average Bonchev–Trinajstić information content (AvgIpc) is 3.57. The number of amides is 3. The lowest BCUT2D eigenvalue weighted by Gasteiger charge is -2.32. The van der Waals surface area contributed by atoms with E-state index in [-0.39, 0.29) is 49.0 Å². The molecule has 5 rings (SSSR count). The summed E-state index contributed by atoms with van der Waals surface area (Å²) >= 11 is 1.24. The fraction of sp³-hybridized carbons (Fsp3) is 0.367. The Hall–Kier alpha value is -4.29. The Morgan fingerprint density at radius 3 is 2.60 bits per heavy atom. The summed E-state index contributed by atoms with van der Waals surface area (Å²) in [6.07, 6.45) is 1.50. The molecule has 0 spiro atoms. The molecule has 4 aromatic rings. The van der Waals surface area contributed by atoms with Crippen molar-refractivity contribution in [1.82, 2.24) is 24.3 Å². The van der Waals surface area contributed by atoms with Crippen molar-refractivity contribution in [3.05, 3.63) is 81.2 Å². The number of nitrogens with one attached hydrogen (secondary N) is 2. The van der Waals surface area contributed by atoms with E-state index in [4.69, 9.17) is 4.74 Å². The monoisotopic (exact) mass is 590 g/mol.